The molecule has 0 saturated heterocycles. The maximum atomic E-state index is 13.0. The van der Waals surface area contributed by atoms with Crippen molar-refractivity contribution in [1.82, 2.24) is 0 Å². The number of benzene rings is 1. The van der Waals surface area contributed by atoms with Gasteiger partial charge in [0.15, 0.2) is 0 Å². The second kappa shape index (κ2) is 4.16. The third kappa shape index (κ3) is 2.51. The quantitative estimate of drug-likeness (QED) is 0.750. The molecule has 1 aromatic rings. The highest BCUT2D eigenvalue weighted by atomic mass is 19.3. The van der Waals surface area contributed by atoms with Gasteiger partial charge in [0.2, 0.25) is 6.10 Å². The highest BCUT2D eigenvalue weighted by Crippen LogP contribution is 2.23. The molecule has 74 valence electrons. The van der Waals surface area contributed by atoms with Crippen LogP contribution in [0.1, 0.15) is 5.56 Å². The Labute approximate surface area is 80.4 Å². The van der Waals surface area contributed by atoms with Gasteiger partial charge in [0, 0.05) is 6.42 Å². The van der Waals surface area contributed by atoms with Crippen molar-refractivity contribution in [2.24, 2.45) is 0 Å². The van der Waals surface area contributed by atoms with Crippen molar-refractivity contribution in [1.29, 1.82) is 5.26 Å². The third-order valence-corrected chi connectivity index (χ3v) is 1.80. The van der Waals surface area contributed by atoms with Crippen LogP contribution in [-0.4, -0.2) is 17.1 Å². The highest BCUT2D eigenvalue weighted by molar-refractivity contribution is 5.17. The summed E-state index contributed by atoms with van der Waals surface area (Å²) in [6.07, 6.45) is -2.87. The molecule has 0 saturated carbocycles. The SMILES string of the molecule is N#CC(O)C(F)(F)Cc1ccccc1. The van der Waals surface area contributed by atoms with Crippen molar-refractivity contribution in [3.05, 3.63) is 35.9 Å². The lowest BCUT2D eigenvalue weighted by molar-refractivity contribution is -0.0818. The van der Waals surface area contributed by atoms with E-state index >= 15 is 0 Å². The molecule has 0 spiro atoms. The Morgan fingerprint density at radius 2 is 1.93 bits per heavy atom. The van der Waals surface area contributed by atoms with Gasteiger partial charge in [0.1, 0.15) is 6.07 Å². The molecule has 0 aliphatic heterocycles. The average Bonchev–Trinajstić information content (AvgIpc) is 2.17. The fraction of sp³-hybridized carbons (Fsp3) is 0.300. The van der Waals surface area contributed by atoms with E-state index in [-0.39, 0.29) is 0 Å². The molecule has 1 rings (SSSR count). The summed E-state index contributed by atoms with van der Waals surface area (Å²) in [7, 11) is 0. The molecule has 14 heavy (non-hydrogen) atoms. The van der Waals surface area contributed by atoms with E-state index in [0.717, 1.165) is 6.07 Å². The second-order valence-electron chi connectivity index (χ2n) is 2.96. The molecule has 1 aromatic carbocycles. The second-order valence-corrected chi connectivity index (χ2v) is 2.96. The van der Waals surface area contributed by atoms with Gasteiger partial charge in [-0.15, -0.1) is 0 Å². The maximum Gasteiger partial charge on any atom is 0.290 e. The van der Waals surface area contributed by atoms with E-state index in [9.17, 15) is 8.78 Å². The van der Waals surface area contributed by atoms with Crippen LogP contribution < -0.4 is 0 Å². The number of hydrogen-bond donors (Lipinski definition) is 1. The summed E-state index contributed by atoms with van der Waals surface area (Å²) < 4.78 is 26.1. The topological polar surface area (TPSA) is 44.0 Å². The highest BCUT2D eigenvalue weighted by Gasteiger charge is 2.38. The molecule has 0 aliphatic carbocycles. The molecular weight excluding hydrogens is 188 g/mol. The van der Waals surface area contributed by atoms with Crippen LogP contribution in [0.15, 0.2) is 30.3 Å². The third-order valence-electron chi connectivity index (χ3n) is 1.80. The fourth-order valence-electron chi connectivity index (χ4n) is 1.06. The van der Waals surface area contributed by atoms with Crippen molar-refractivity contribution < 1.29 is 13.9 Å². The van der Waals surface area contributed by atoms with Gasteiger partial charge in [-0.1, -0.05) is 30.3 Å². The molecule has 0 heterocycles. The van der Waals surface area contributed by atoms with Crippen LogP contribution >= 0.6 is 0 Å². The Morgan fingerprint density at radius 3 is 2.43 bits per heavy atom. The van der Waals surface area contributed by atoms with Crippen LogP contribution in [0.3, 0.4) is 0 Å². The van der Waals surface area contributed by atoms with Crippen molar-refractivity contribution in [3.63, 3.8) is 0 Å². The van der Waals surface area contributed by atoms with E-state index in [0.29, 0.717) is 5.56 Å². The summed E-state index contributed by atoms with van der Waals surface area (Å²) in [6, 6.07) is 9.15. The molecule has 0 aliphatic rings. The summed E-state index contributed by atoms with van der Waals surface area (Å²) in [5.74, 6) is -3.39. The van der Waals surface area contributed by atoms with Crippen LogP contribution in [0.25, 0.3) is 0 Å². The van der Waals surface area contributed by atoms with Gasteiger partial charge >= 0.3 is 0 Å². The van der Waals surface area contributed by atoms with E-state index in [1.165, 1.54) is 12.1 Å². The first kappa shape index (κ1) is 10.6. The summed E-state index contributed by atoms with van der Waals surface area (Å²) >= 11 is 0. The smallest absolute Gasteiger partial charge is 0.290 e. The minimum Gasteiger partial charge on any atom is -0.373 e. The predicted molar refractivity (Wildman–Crippen MR) is 46.7 cm³/mol. The predicted octanol–water partition coefficient (Wildman–Crippen LogP) is 1.75. The van der Waals surface area contributed by atoms with Crippen LogP contribution in [0, 0.1) is 11.3 Å². The van der Waals surface area contributed by atoms with E-state index in [2.05, 4.69) is 0 Å². The average molecular weight is 197 g/mol. The lowest BCUT2D eigenvalue weighted by Gasteiger charge is -2.17. The number of nitriles is 1. The van der Waals surface area contributed by atoms with Gasteiger partial charge in [0.25, 0.3) is 5.92 Å². The molecule has 0 bridgehead atoms. The van der Waals surface area contributed by atoms with Crippen molar-refractivity contribution >= 4 is 0 Å². The Hall–Kier alpha value is -1.47. The molecule has 0 radical (unpaired) electrons. The molecule has 2 nitrogen and oxygen atoms in total. The molecule has 4 heteroatoms. The zero-order valence-electron chi connectivity index (χ0n) is 7.32. The van der Waals surface area contributed by atoms with E-state index in [1.54, 1.807) is 18.2 Å². The first-order valence-corrected chi connectivity index (χ1v) is 4.05. The largest absolute Gasteiger partial charge is 0.373 e. The standard InChI is InChI=1S/C10H9F2NO/c11-10(12,9(14)7-13)6-8-4-2-1-3-5-8/h1-5,9,14H,6H2. The number of aliphatic hydroxyl groups excluding tert-OH is 1. The summed E-state index contributed by atoms with van der Waals surface area (Å²) in [6.45, 7) is 0. The summed E-state index contributed by atoms with van der Waals surface area (Å²) in [5.41, 5.74) is 0.395. The van der Waals surface area contributed by atoms with Gasteiger partial charge in [-0.3, -0.25) is 0 Å². The summed E-state index contributed by atoms with van der Waals surface area (Å²) in [4.78, 5) is 0. The van der Waals surface area contributed by atoms with Crippen molar-refractivity contribution in [2.45, 2.75) is 18.4 Å². The molecule has 0 fully saturated rings. The number of alkyl halides is 2. The van der Waals surface area contributed by atoms with Crippen LogP contribution in [-0.2, 0) is 6.42 Å². The zero-order chi connectivity index (χ0) is 10.6. The van der Waals surface area contributed by atoms with Crippen LogP contribution in [0.2, 0.25) is 0 Å². The summed E-state index contributed by atoms with van der Waals surface area (Å²) in [5, 5.41) is 16.9. The first-order chi connectivity index (χ1) is 6.56. The number of hydrogen-bond acceptors (Lipinski definition) is 2. The van der Waals surface area contributed by atoms with Gasteiger partial charge in [0.05, 0.1) is 0 Å². The lowest BCUT2D eigenvalue weighted by atomic mass is 10.0. The van der Waals surface area contributed by atoms with Crippen molar-refractivity contribution in [3.8, 4) is 6.07 Å². The van der Waals surface area contributed by atoms with Gasteiger partial charge in [-0.2, -0.15) is 5.26 Å². The fourth-order valence-corrected chi connectivity index (χ4v) is 1.06. The molecular formula is C10H9F2NO. The van der Waals surface area contributed by atoms with E-state index in [4.69, 9.17) is 10.4 Å². The molecule has 0 aromatic heterocycles. The molecule has 1 N–H and O–H groups in total. The number of rotatable bonds is 3. The number of aliphatic hydroxyl groups is 1. The molecule has 1 atom stereocenters. The van der Waals surface area contributed by atoms with Gasteiger partial charge in [-0.25, -0.2) is 8.78 Å². The normalized spacial score (nSPS) is 13.3. The van der Waals surface area contributed by atoms with Gasteiger partial charge in [-0.05, 0) is 5.56 Å². The Morgan fingerprint density at radius 1 is 1.36 bits per heavy atom. The maximum absolute atomic E-state index is 13.0. The minimum absolute atomic E-state index is 0.395. The molecule has 0 amide bonds. The van der Waals surface area contributed by atoms with Crippen LogP contribution in [0.4, 0.5) is 8.78 Å². The monoisotopic (exact) mass is 197 g/mol. The Kier molecular flexibility index (Phi) is 3.15. The Bertz CT molecular complexity index is 332. The zero-order valence-corrected chi connectivity index (χ0v) is 7.32. The van der Waals surface area contributed by atoms with Gasteiger partial charge < -0.3 is 5.11 Å². The number of nitrogens with zero attached hydrogens (tertiary/aromatic N) is 1. The van der Waals surface area contributed by atoms with Crippen molar-refractivity contribution in [2.75, 3.05) is 0 Å². The van der Waals surface area contributed by atoms with E-state index < -0.39 is 18.4 Å². The molecule has 1 unspecified atom stereocenters. The lowest BCUT2D eigenvalue weighted by Crippen LogP contribution is -2.34. The van der Waals surface area contributed by atoms with Crippen LogP contribution in [0.5, 0.6) is 0 Å². The Balaban J connectivity index is 2.74. The first-order valence-electron chi connectivity index (χ1n) is 4.05. The van der Waals surface area contributed by atoms with E-state index in [1.807, 2.05) is 0 Å². The minimum atomic E-state index is -3.39. The number of halogens is 2.